The number of aromatic amines is 1. The van der Waals surface area contributed by atoms with Gasteiger partial charge in [-0.2, -0.15) is 0 Å². The van der Waals surface area contributed by atoms with Crippen LogP contribution in [0.1, 0.15) is 0 Å². The van der Waals surface area contributed by atoms with Crippen molar-refractivity contribution in [2.75, 3.05) is 0 Å². The highest BCUT2D eigenvalue weighted by atomic mass is 35.5. The van der Waals surface area contributed by atoms with Gasteiger partial charge in [0.1, 0.15) is 0 Å². The van der Waals surface area contributed by atoms with Crippen LogP contribution in [0.2, 0.25) is 5.02 Å². The minimum atomic E-state index is -0.394. The zero-order chi connectivity index (χ0) is 16.0. The molecule has 6 heteroatoms. The number of aromatic nitrogens is 2. The maximum absolute atomic E-state index is 11.1. The maximum Gasteiger partial charge on any atom is 0.278 e. The predicted octanol–water partition coefficient (Wildman–Crippen LogP) is 4.94. The minimum Gasteiger partial charge on any atom is -0.359 e. The predicted molar refractivity (Wildman–Crippen MR) is 90.7 cm³/mol. The van der Waals surface area contributed by atoms with Gasteiger partial charge in [0.15, 0.2) is 0 Å². The first-order valence-electron chi connectivity index (χ1n) is 6.95. The highest BCUT2D eigenvalue weighted by Crippen LogP contribution is 2.33. The van der Waals surface area contributed by atoms with Gasteiger partial charge in [-0.1, -0.05) is 29.8 Å². The number of para-hydroxylation sites is 1. The molecule has 0 spiro atoms. The van der Waals surface area contributed by atoms with Crippen LogP contribution in [0.4, 0.5) is 5.69 Å². The van der Waals surface area contributed by atoms with E-state index < -0.39 is 4.92 Å². The highest BCUT2D eigenvalue weighted by molar-refractivity contribution is 6.35. The van der Waals surface area contributed by atoms with Crippen LogP contribution in [0.5, 0.6) is 0 Å². The number of nitro benzene ring substituents is 1. The van der Waals surface area contributed by atoms with Crippen LogP contribution in [0, 0.1) is 10.1 Å². The van der Waals surface area contributed by atoms with Gasteiger partial charge in [0.25, 0.3) is 5.69 Å². The Balaban J connectivity index is 1.95. The number of nitrogens with zero attached hydrogens (tertiary/aromatic N) is 2. The van der Waals surface area contributed by atoms with Crippen LogP contribution in [-0.2, 0) is 0 Å². The standard InChI is InChI=1S/C17H10ClN3O2/c18-13-4-1-3-10-12(9-19-17(10)13)15-8-7-11-14(20-15)5-2-6-16(11)21(22)23/h1-9,19H. The Labute approximate surface area is 135 Å². The first-order chi connectivity index (χ1) is 11.1. The number of pyridine rings is 1. The third-order valence-corrected chi connectivity index (χ3v) is 4.16. The van der Waals surface area contributed by atoms with Crippen molar-refractivity contribution in [2.24, 2.45) is 0 Å². The Hall–Kier alpha value is -2.92. The van der Waals surface area contributed by atoms with Gasteiger partial charge in [-0.25, -0.2) is 4.98 Å². The fourth-order valence-corrected chi connectivity index (χ4v) is 3.01. The molecule has 0 unspecified atom stereocenters. The van der Waals surface area contributed by atoms with E-state index in [1.165, 1.54) is 6.07 Å². The molecule has 4 rings (SSSR count). The van der Waals surface area contributed by atoms with E-state index in [9.17, 15) is 10.1 Å². The monoisotopic (exact) mass is 323 g/mol. The van der Waals surface area contributed by atoms with Gasteiger partial charge < -0.3 is 4.98 Å². The molecule has 0 amide bonds. The molecule has 2 heterocycles. The summed E-state index contributed by atoms with van der Waals surface area (Å²) in [4.78, 5) is 18.4. The van der Waals surface area contributed by atoms with E-state index in [1.54, 1.807) is 24.3 Å². The summed E-state index contributed by atoms with van der Waals surface area (Å²) >= 11 is 6.18. The van der Waals surface area contributed by atoms with Gasteiger partial charge in [0.05, 0.1) is 32.1 Å². The topological polar surface area (TPSA) is 71.8 Å². The van der Waals surface area contributed by atoms with Crippen molar-refractivity contribution in [1.82, 2.24) is 9.97 Å². The number of halogens is 1. The van der Waals surface area contributed by atoms with Gasteiger partial charge >= 0.3 is 0 Å². The lowest BCUT2D eigenvalue weighted by atomic mass is 10.1. The lowest BCUT2D eigenvalue weighted by Crippen LogP contribution is -1.91. The number of non-ortho nitro benzene ring substituents is 1. The van der Waals surface area contributed by atoms with E-state index in [4.69, 9.17) is 11.6 Å². The number of fused-ring (bicyclic) bond motifs is 2. The summed E-state index contributed by atoms with van der Waals surface area (Å²) in [6, 6.07) is 14.1. The second-order valence-electron chi connectivity index (χ2n) is 5.16. The molecule has 0 aliphatic rings. The largest absolute Gasteiger partial charge is 0.359 e. The van der Waals surface area contributed by atoms with Crippen LogP contribution < -0.4 is 0 Å². The Morgan fingerprint density at radius 2 is 1.87 bits per heavy atom. The van der Waals surface area contributed by atoms with Crippen molar-refractivity contribution >= 4 is 39.1 Å². The Morgan fingerprint density at radius 1 is 1.04 bits per heavy atom. The van der Waals surface area contributed by atoms with Gasteiger partial charge in [-0.05, 0) is 24.3 Å². The summed E-state index contributed by atoms with van der Waals surface area (Å²) < 4.78 is 0. The van der Waals surface area contributed by atoms with Crippen molar-refractivity contribution in [2.45, 2.75) is 0 Å². The van der Waals surface area contributed by atoms with Gasteiger partial charge in [-0.15, -0.1) is 0 Å². The van der Waals surface area contributed by atoms with Gasteiger partial charge in [0.2, 0.25) is 0 Å². The zero-order valence-corrected chi connectivity index (χ0v) is 12.5. The lowest BCUT2D eigenvalue weighted by molar-refractivity contribution is -0.383. The number of H-pyrrole nitrogens is 1. The van der Waals surface area contributed by atoms with E-state index in [0.29, 0.717) is 15.9 Å². The Kier molecular flexibility index (Phi) is 3.02. The zero-order valence-electron chi connectivity index (χ0n) is 11.8. The van der Waals surface area contributed by atoms with Crippen LogP contribution in [0.15, 0.2) is 54.7 Å². The van der Waals surface area contributed by atoms with Gasteiger partial charge in [0, 0.05) is 23.2 Å². The molecule has 0 saturated carbocycles. The molecule has 0 saturated heterocycles. The number of nitro groups is 1. The summed E-state index contributed by atoms with van der Waals surface area (Å²) in [5.74, 6) is 0. The first kappa shape index (κ1) is 13.7. The fraction of sp³-hybridized carbons (Fsp3) is 0. The van der Waals surface area contributed by atoms with Crippen molar-refractivity contribution < 1.29 is 4.92 Å². The maximum atomic E-state index is 11.1. The molecule has 0 radical (unpaired) electrons. The smallest absolute Gasteiger partial charge is 0.278 e. The summed E-state index contributed by atoms with van der Waals surface area (Å²) in [6.07, 6.45) is 1.85. The Bertz CT molecular complexity index is 1070. The molecule has 5 nitrogen and oxygen atoms in total. The van der Waals surface area contributed by atoms with E-state index in [2.05, 4.69) is 9.97 Å². The normalized spacial score (nSPS) is 11.2. The lowest BCUT2D eigenvalue weighted by Gasteiger charge is -2.03. The quantitative estimate of drug-likeness (QED) is 0.419. The summed E-state index contributed by atoms with van der Waals surface area (Å²) in [6.45, 7) is 0. The van der Waals surface area contributed by atoms with Crippen molar-refractivity contribution in [3.05, 3.63) is 69.9 Å². The highest BCUT2D eigenvalue weighted by Gasteiger charge is 2.14. The number of hydrogen-bond donors (Lipinski definition) is 1. The number of rotatable bonds is 2. The average molecular weight is 324 g/mol. The molecule has 2 aromatic heterocycles. The molecular weight excluding hydrogens is 314 g/mol. The molecular formula is C17H10ClN3O2. The van der Waals surface area contributed by atoms with E-state index >= 15 is 0 Å². The van der Waals surface area contributed by atoms with Crippen molar-refractivity contribution in [3.63, 3.8) is 0 Å². The molecule has 0 bridgehead atoms. The third kappa shape index (κ3) is 2.13. The van der Waals surface area contributed by atoms with Gasteiger partial charge in [-0.3, -0.25) is 10.1 Å². The van der Waals surface area contributed by atoms with Crippen LogP contribution in [-0.4, -0.2) is 14.9 Å². The van der Waals surface area contributed by atoms with Crippen LogP contribution in [0.3, 0.4) is 0 Å². The molecule has 1 N–H and O–H groups in total. The molecule has 0 atom stereocenters. The summed E-state index contributed by atoms with van der Waals surface area (Å²) in [5, 5.41) is 13.2. The van der Waals surface area contributed by atoms with Crippen LogP contribution in [0.25, 0.3) is 33.1 Å². The third-order valence-electron chi connectivity index (χ3n) is 3.85. The molecule has 2 aromatic carbocycles. The Morgan fingerprint density at radius 3 is 2.70 bits per heavy atom. The summed E-state index contributed by atoms with van der Waals surface area (Å²) in [5.41, 5.74) is 3.16. The molecule has 4 aromatic rings. The SMILES string of the molecule is O=[N+]([O-])c1cccc2nc(-c3c[nH]c4c(Cl)cccc34)ccc12. The van der Waals surface area contributed by atoms with Crippen molar-refractivity contribution in [1.29, 1.82) is 0 Å². The second kappa shape index (κ2) is 5.07. The van der Waals surface area contributed by atoms with Crippen LogP contribution >= 0.6 is 11.6 Å². The van der Waals surface area contributed by atoms with E-state index in [-0.39, 0.29) is 5.69 Å². The number of benzene rings is 2. The molecule has 112 valence electrons. The molecule has 0 fully saturated rings. The first-order valence-corrected chi connectivity index (χ1v) is 7.33. The second-order valence-corrected chi connectivity index (χ2v) is 5.57. The minimum absolute atomic E-state index is 0.0588. The van der Waals surface area contributed by atoms with E-state index in [0.717, 1.165) is 22.2 Å². The van der Waals surface area contributed by atoms with E-state index in [1.807, 2.05) is 24.4 Å². The average Bonchev–Trinajstić information content (AvgIpc) is 2.99. The number of nitrogens with one attached hydrogen (secondary N) is 1. The molecule has 23 heavy (non-hydrogen) atoms. The summed E-state index contributed by atoms with van der Waals surface area (Å²) in [7, 11) is 0. The van der Waals surface area contributed by atoms with Crippen molar-refractivity contribution in [3.8, 4) is 11.3 Å². The fourth-order valence-electron chi connectivity index (χ4n) is 2.78. The molecule has 0 aliphatic heterocycles. The number of hydrogen-bond acceptors (Lipinski definition) is 3. The molecule has 0 aliphatic carbocycles.